The second-order valence-corrected chi connectivity index (χ2v) is 5.31. The molecule has 0 bridgehead atoms. The number of ether oxygens (including phenoxy) is 1. The van der Waals surface area contributed by atoms with Crippen molar-refractivity contribution in [2.45, 2.75) is 13.5 Å². The van der Waals surface area contributed by atoms with Gasteiger partial charge >= 0.3 is 12.6 Å². The topological polar surface area (TPSA) is 93.4 Å². The second kappa shape index (κ2) is 6.85. The van der Waals surface area contributed by atoms with Crippen LogP contribution in [0.3, 0.4) is 0 Å². The van der Waals surface area contributed by atoms with Gasteiger partial charge in [0.1, 0.15) is 5.02 Å². The van der Waals surface area contributed by atoms with Crippen LogP contribution in [0.5, 0.6) is 5.88 Å². The smallest absolute Gasteiger partial charge is 0.388 e. The van der Waals surface area contributed by atoms with Crippen LogP contribution in [0.4, 0.5) is 25.0 Å². The molecule has 25 heavy (non-hydrogen) atoms. The lowest BCUT2D eigenvalue weighted by atomic mass is 10.4. The number of fused-ring (bicyclic) bond motifs is 1. The van der Waals surface area contributed by atoms with E-state index in [-0.39, 0.29) is 10.7 Å². The molecule has 0 spiro atoms. The molecule has 11 heteroatoms. The Labute approximate surface area is 144 Å². The predicted octanol–water partition coefficient (Wildman–Crippen LogP) is 3.33. The molecule has 3 aromatic rings. The summed E-state index contributed by atoms with van der Waals surface area (Å²) in [5.74, 6) is -0.425. The standard InChI is InChI=1S/C14H11ClF2N6O2/c1-7-2-11-18-5-9(6-23(11)22-7)21-14(24)20-8-3-10(15)12(19-4-8)25-13(16)17/h2-6,13H,1H3,(H2,20,21,24). The molecule has 0 fully saturated rings. The minimum Gasteiger partial charge on any atom is -0.415 e. The van der Waals surface area contributed by atoms with Crippen molar-refractivity contribution in [2.75, 3.05) is 10.6 Å². The molecule has 0 aliphatic rings. The molecule has 0 saturated heterocycles. The maximum absolute atomic E-state index is 12.2. The largest absolute Gasteiger partial charge is 0.415 e. The van der Waals surface area contributed by atoms with Crippen LogP contribution in [-0.2, 0) is 0 Å². The van der Waals surface area contributed by atoms with Gasteiger partial charge < -0.3 is 15.4 Å². The molecule has 2 amide bonds. The summed E-state index contributed by atoms with van der Waals surface area (Å²) in [5.41, 5.74) is 2.05. The van der Waals surface area contributed by atoms with E-state index in [1.807, 2.05) is 6.92 Å². The van der Waals surface area contributed by atoms with E-state index in [1.54, 1.807) is 12.3 Å². The van der Waals surface area contributed by atoms with E-state index in [0.29, 0.717) is 11.3 Å². The summed E-state index contributed by atoms with van der Waals surface area (Å²) in [7, 11) is 0. The van der Waals surface area contributed by atoms with Crippen LogP contribution >= 0.6 is 11.6 Å². The highest BCUT2D eigenvalue weighted by Crippen LogP contribution is 2.26. The molecule has 3 aromatic heterocycles. The maximum atomic E-state index is 12.2. The van der Waals surface area contributed by atoms with Crippen molar-refractivity contribution in [3.63, 3.8) is 0 Å². The highest BCUT2D eigenvalue weighted by Gasteiger charge is 2.12. The number of amides is 2. The summed E-state index contributed by atoms with van der Waals surface area (Å²) in [6.07, 6.45) is 4.21. The first-order valence-electron chi connectivity index (χ1n) is 6.91. The van der Waals surface area contributed by atoms with Gasteiger partial charge in [0.05, 0.1) is 35.7 Å². The lowest BCUT2D eigenvalue weighted by Gasteiger charge is -2.09. The Kier molecular flexibility index (Phi) is 4.61. The highest BCUT2D eigenvalue weighted by molar-refractivity contribution is 6.32. The fourth-order valence-corrected chi connectivity index (χ4v) is 2.23. The summed E-state index contributed by atoms with van der Waals surface area (Å²) in [4.78, 5) is 19.8. The monoisotopic (exact) mass is 368 g/mol. The molecule has 0 aliphatic heterocycles. The third-order valence-electron chi connectivity index (χ3n) is 2.96. The van der Waals surface area contributed by atoms with Crippen molar-refractivity contribution in [3.05, 3.63) is 41.4 Å². The highest BCUT2D eigenvalue weighted by atomic mass is 35.5. The number of anilines is 2. The molecule has 0 unspecified atom stereocenters. The zero-order valence-corrected chi connectivity index (χ0v) is 13.5. The van der Waals surface area contributed by atoms with Crippen LogP contribution in [-0.4, -0.2) is 32.2 Å². The number of aromatic nitrogens is 4. The number of hydrogen-bond acceptors (Lipinski definition) is 5. The van der Waals surface area contributed by atoms with E-state index in [4.69, 9.17) is 11.6 Å². The zero-order valence-electron chi connectivity index (χ0n) is 12.7. The molecule has 130 valence electrons. The van der Waals surface area contributed by atoms with Crippen molar-refractivity contribution < 1.29 is 18.3 Å². The van der Waals surface area contributed by atoms with Gasteiger partial charge in [-0.3, -0.25) is 0 Å². The second-order valence-electron chi connectivity index (χ2n) is 4.90. The molecule has 3 heterocycles. The van der Waals surface area contributed by atoms with Crippen LogP contribution < -0.4 is 15.4 Å². The van der Waals surface area contributed by atoms with Gasteiger partial charge in [-0.15, -0.1) is 0 Å². The number of alkyl halides is 2. The van der Waals surface area contributed by atoms with Crippen LogP contribution in [0.15, 0.2) is 30.7 Å². The van der Waals surface area contributed by atoms with E-state index >= 15 is 0 Å². The molecule has 0 aromatic carbocycles. The third kappa shape index (κ3) is 4.10. The first-order valence-corrected chi connectivity index (χ1v) is 7.29. The summed E-state index contributed by atoms with van der Waals surface area (Å²) in [6, 6.07) is 2.44. The van der Waals surface area contributed by atoms with Gasteiger partial charge in [-0.25, -0.2) is 19.3 Å². The molecule has 0 atom stereocenters. The minimum absolute atomic E-state index is 0.159. The molecule has 8 nitrogen and oxygen atoms in total. The number of rotatable bonds is 4. The van der Waals surface area contributed by atoms with Gasteiger partial charge in [-0.05, 0) is 13.0 Å². The number of nitrogens with zero attached hydrogens (tertiary/aromatic N) is 4. The average Bonchev–Trinajstić information content (AvgIpc) is 2.89. The van der Waals surface area contributed by atoms with Crippen molar-refractivity contribution in [3.8, 4) is 5.88 Å². The zero-order chi connectivity index (χ0) is 18.0. The first kappa shape index (κ1) is 16.8. The molecule has 0 aliphatic carbocycles. The van der Waals surface area contributed by atoms with Crippen molar-refractivity contribution in [2.24, 2.45) is 0 Å². The third-order valence-corrected chi connectivity index (χ3v) is 3.23. The number of pyridine rings is 1. The molecular formula is C14H11ClF2N6O2. The maximum Gasteiger partial charge on any atom is 0.388 e. The van der Waals surface area contributed by atoms with Crippen LogP contribution in [0.1, 0.15) is 5.69 Å². The van der Waals surface area contributed by atoms with Gasteiger partial charge in [0.25, 0.3) is 0 Å². The molecular weight excluding hydrogens is 358 g/mol. The summed E-state index contributed by atoms with van der Waals surface area (Å²) in [5, 5.41) is 9.06. The summed E-state index contributed by atoms with van der Waals surface area (Å²) >= 11 is 5.77. The van der Waals surface area contributed by atoms with Gasteiger partial charge in [0.2, 0.25) is 5.88 Å². The number of carbonyl (C=O) groups is 1. The summed E-state index contributed by atoms with van der Waals surface area (Å²) in [6.45, 7) is -1.22. The van der Waals surface area contributed by atoms with E-state index in [9.17, 15) is 13.6 Å². The van der Waals surface area contributed by atoms with Crippen molar-refractivity contribution in [1.29, 1.82) is 0 Å². The van der Waals surface area contributed by atoms with E-state index < -0.39 is 18.5 Å². The van der Waals surface area contributed by atoms with E-state index in [2.05, 4.69) is 30.4 Å². The van der Waals surface area contributed by atoms with Crippen LogP contribution in [0, 0.1) is 6.92 Å². The molecule has 2 N–H and O–H groups in total. The Morgan fingerprint density at radius 1 is 1.24 bits per heavy atom. The van der Waals surface area contributed by atoms with Crippen molar-refractivity contribution >= 4 is 34.7 Å². The molecule has 0 radical (unpaired) electrons. The fraction of sp³-hybridized carbons (Fsp3) is 0.143. The Balaban J connectivity index is 1.68. The van der Waals surface area contributed by atoms with E-state index in [0.717, 1.165) is 11.9 Å². The number of nitrogens with one attached hydrogen (secondary N) is 2. The lowest BCUT2D eigenvalue weighted by molar-refractivity contribution is -0.0527. The Morgan fingerprint density at radius 3 is 2.68 bits per heavy atom. The Bertz CT molecular complexity index is 933. The van der Waals surface area contributed by atoms with Crippen LogP contribution in [0.2, 0.25) is 5.02 Å². The van der Waals surface area contributed by atoms with Gasteiger partial charge in [-0.1, -0.05) is 11.6 Å². The number of urea groups is 1. The quantitative estimate of drug-likeness (QED) is 0.736. The number of carbonyl (C=O) groups excluding carboxylic acids is 1. The lowest BCUT2D eigenvalue weighted by Crippen LogP contribution is -2.20. The number of aryl methyl sites for hydroxylation is 1. The number of halogens is 3. The Morgan fingerprint density at radius 2 is 1.96 bits per heavy atom. The van der Waals surface area contributed by atoms with Crippen LogP contribution in [0.25, 0.3) is 5.65 Å². The summed E-state index contributed by atoms with van der Waals surface area (Å²) < 4.78 is 30.0. The fourth-order valence-electron chi connectivity index (χ4n) is 2.02. The molecule has 0 saturated carbocycles. The normalized spacial score (nSPS) is 10.9. The van der Waals surface area contributed by atoms with E-state index in [1.165, 1.54) is 16.8 Å². The SMILES string of the molecule is Cc1cc2ncc(NC(=O)Nc3cnc(OC(F)F)c(Cl)c3)cn2n1. The minimum atomic E-state index is -3.04. The first-order chi connectivity index (χ1) is 11.9. The van der Waals surface area contributed by atoms with Gasteiger partial charge in [0, 0.05) is 6.07 Å². The Hall–Kier alpha value is -3.01. The van der Waals surface area contributed by atoms with Gasteiger partial charge in [-0.2, -0.15) is 13.9 Å². The predicted molar refractivity (Wildman–Crippen MR) is 86.2 cm³/mol. The van der Waals surface area contributed by atoms with Gasteiger partial charge in [0.15, 0.2) is 5.65 Å². The molecule has 3 rings (SSSR count). The van der Waals surface area contributed by atoms with Crippen molar-refractivity contribution in [1.82, 2.24) is 19.6 Å². The number of hydrogen-bond donors (Lipinski definition) is 2. The average molecular weight is 369 g/mol.